The predicted octanol–water partition coefficient (Wildman–Crippen LogP) is 5.05. The van der Waals surface area contributed by atoms with Gasteiger partial charge in [-0.25, -0.2) is 4.98 Å². The first-order chi connectivity index (χ1) is 16.6. The first kappa shape index (κ1) is 22.3. The Balaban J connectivity index is 1.59. The second-order valence-electron chi connectivity index (χ2n) is 8.57. The van der Waals surface area contributed by atoms with Crippen LogP contribution in [0.5, 0.6) is 5.75 Å². The van der Waals surface area contributed by atoms with Crippen LogP contribution in [0.3, 0.4) is 0 Å². The van der Waals surface area contributed by atoms with Crippen LogP contribution in [0.4, 0.5) is 5.13 Å². The summed E-state index contributed by atoms with van der Waals surface area (Å²) in [5.74, 6) is -0.751. The second-order valence-corrected chi connectivity index (χ2v) is 9.40. The van der Waals surface area contributed by atoms with Crippen molar-refractivity contribution in [3.8, 4) is 17.1 Å². The van der Waals surface area contributed by atoms with Crippen molar-refractivity contribution in [2.45, 2.75) is 38.1 Å². The third-order valence-corrected chi connectivity index (χ3v) is 7.41. The van der Waals surface area contributed by atoms with Gasteiger partial charge in [0, 0.05) is 17.1 Å². The summed E-state index contributed by atoms with van der Waals surface area (Å²) in [5.41, 5.74) is 2.00. The molecule has 7 nitrogen and oxygen atoms in total. The molecule has 1 atom stereocenters. The van der Waals surface area contributed by atoms with Crippen LogP contribution in [0.25, 0.3) is 17.1 Å². The number of methoxy groups -OCH3 is 1. The Morgan fingerprint density at radius 1 is 1.06 bits per heavy atom. The number of thiazole rings is 1. The second kappa shape index (κ2) is 9.38. The van der Waals surface area contributed by atoms with E-state index in [1.54, 1.807) is 37.6 Å². The summed E-state index contributed by atoms with van der Waals surface area (Å²) < 4.78 is 5.20. The van der Waals surface area contributed by atoms with E-state index in [1.807, 2.05) is 23.6 Å². The number of hydrogen-bond donors (Lipinski definition) is 1. The Bertz CT molecular complexity index is 1230. The number of amides is 1. The number of hydrogen-bond acceptors (Lipinski definition) is 7. The van der Waals surface area contributed by atoms with Crippen LogP contribution < -0.4 is 9.64 Å². The monoisotopic (exact) mass is 475 g/mol. The van der Waals surface area contributed by atoms with Gasteiger partial charge in [-0.3, -0.25) is 19.5 Å². The van der Waals surface area contributed by atoms with Crippen LogP contribution in [-0.4, -0.2) is 39.9 Å². The van der Waals surface area contributed by atoms with Crippen molar-refractivity contribution in [2.75, 3.05) is 12.0 Å². The number of ether oxygens (including phenoxy) is 1. The third kappa shape index (κ3) is 3.98. The summed E-state index contributed by atoms with van der Waals surface area (Å²) in [7, 11) is 1.57. The highest BCUT2D eigenvalue weighted by atomic mass is 32.1. The summed E-state index contributed by atoms with van der Waals surface area (Å²) in [4.78, 5) is 37.1. The highest BCUT2D eigenvalue weighted by Crippen LogP contribution is 2.42. The van der Waals surface area contributed by atoms with Crippen molar-refractivity contribution < 1.29 is 19.4 Å². The normalized spacial score (nSPS) is 20.6. The minimum Gasteiger partial charge on any atom is -0.507 e. The third-order valence-electron chi connectivity index (χ3n) is 6.57. The van der Waals surface area contributed by atoms with Crippen LogP contribution >= 0.6 is 11.3 Å². The zero-order chi connectivity index (χ0) is 23.7. The standard InChI is InChI=1S/C26H25N3O4S/c1-33-18-12-10-17(11-13-18)23(30)21-22(16-7-3-2-4-8-16)29(25(32)24(21)31)26-28-20(15-34-26)19-9-5-6-14-27-19/h5-6,9-16,22,30H,2-4,7-8H2,1H3. The number of carbonyl (C=O) groups excluding carboxylic acids is 2. The highest BCUT2D eigenvalue weighted by Gasteiger charge is 2.50. The van der Waals surface area contributed by atoms with Gasteiger partial charge in [0.25, 0.3) is 5.78 Å². The van der Waals surface area contributed by atoms with Crippen LogP contribution in [0.1, 0.15) is 37.7 Å². The molecule has 34 heavy (non-hydrogen) atoms. The lowest BCUT2D eigenvalue weighted by Crippen LogP contribution is -2.40. The molecule has 174 valence electrons. The zero-order valence-electron chi connectivity index (χ0n) is 18.8. The van der Waals surface area contributed by atoms with Crippen molar-refractivity contribution >= 4 is 33.9 Å². The van der Waals surface area contributed by atoms with Crippen LogP contribution in [0.2, 0.25) is 0 Å². The molecule has 2 aliphatic rings. The minimum atomic E-state index is -0.668. The van der Waals surface area contributed by atoms with E-state index >= 15 is 0 Å². The van der Waals surface area contributed by atoms with Crippen molar-refractivity contribution in [1.82, 2.24) is 9.97 Å². The van der Waals surface area contributed by atoms with E-state index < -0.39 is 17.7 Å². The number of Topliss-reactive ketones (excluding diaryl/α,β-unsaturated/α-hetero) is 1. The number of aliphatic hydroxyl groups excluding tert-OH is 1. The maximum Gasteiger partial charge on any atom is 0.301 e. The number of carbonyl (C=O) groups is 2. The van der Waals surface area contributed by atoms with E-state index in [0.29, 0.717) is 27.8 Å². The van der Waals surface area contributed by atoms with Gasteiger partial charge in [0.1, 0.15) is 17.2 Å². The van der Waals surface area contributed by atoms with Gasteiger partial charge in [0.05, 0.1) is 24.4 Å². The molecule has 1 saturated carbocycles. The molecule has 1 unspecified atom stereocenters. The fourth-order valence-electron chi connectivity index (χ4n) is 4.88. The Kier molecular flexibility index (Phi) is 6.15. The molecule has 1 amide bonds. The number of rotatable bonds is 5. The Labute approximate surface area is 201 Å². The number of benzene rings is 1. The average Bonchev–Trinajstić information content (AvgIpc) is 3.48. The van der Waals surface area contributed by atoms with Gasteiger partial charge in [-0.1, -0.05) is 25.3 Å². The molecular formula is C26H25N3O4S. The molecule has 1 aliphatic heterocycles. The summed E-state index contributed by atoms with van der Waals surface area (Å²) in [5, 5.41) is 13.5. The molecule has 0 bridgehead atoms. The van der Waals surface area contributed by atoms with Crippen LogP contribution in [-0.2, 0) is 9.59 Å². The highest BCUT2D eigenvalue weighted by molar-refractivity contribution is 7.14. The van der Waals surface area contributed by atoms with E-state index in [4.69, 9.17) is 4.74 Å². The SMILES string of the molecule is COc1ccc(C(O)=C2C(=O)C(=O)N(c3nc(-c4ccccn4)cs3)C2C2CCCCC2)cc1. The summed E-state index contributed by atoms with van der Waals surface area (Å²) in [6.07, 6.45) is 6.67. The molecule has 1 aromatic carbocycles. The fourth-order valence-corrected chi connectivity index (χ4v) is 5.73. The smallest absolute Gasteiger partial charge is 0.301 e. The van der Waals surface area contributed by atoms with Gasteiger partial charge in [0.2, 0.25) is 0 Å². The number of nitrogens with zero attached hydrogens (tertiary/aromatic N) is 3. The summed E-state index contributed by atoms with van der Waals surface area (Å²) in [6, 6.07) is 11.9. The molecule has 1 N–H and O–H groups in total. The maximum atomic E-state index is 13.3. The average molecular weight is 476 g/mol. The van der Waals surface area contributed by atoms with Crippen molar-refractivity contribution in [1.29, 1.82) is 0 Å². The number of anilines is 1. The van der Waals surface area contributed by atoms with E-state index in [9.17, 15) is 14.7 Å². The molecule has 2 aromatic heterocycles. The quantitative estimate of drug-likeness (QED) is 0.315. The number of pyridine rings is 1. The Hall–Kier alpha value is -3.52. The van der Waals surface area contributed by atoms with Gasteiger partial charge in [-0.05, 0) is 55.2 Å². The molecule has 3 aromatic rings. The fraction of sp³-hybridized carbons (Fsp3) is 0.308. The topological polar surface area (TPSA) is 92.6 Å². The van der Waals surface area contributed by atoms with Gasteiger partial charge >= 0.3 is 5.91 Å². The largest absolute Gasteiger partial charge is 0.507 e. The predicted molar refractivity (Wildman–Crippen MR) is 131 cm³/mol. The Morgan fingerprint density at radius 3 is 2.50 bits per heavy atom. The van der Waals surface area contributed by atoms with E-state index in [1.165, 1.54) is 16.2 Å². The molecule has 1 saturated heterocycles. The molecule has 3 heterocycles. The molecule has 0 radical (unpaired) electrons. The van der Waals surface area contributed by atoms with Crippen LogP contribution in [0.15, 0.2) is 59.6 Å². The van der Waals surface area contributed by atoms with Gasteiger partial charge in [0.15, 0.2) is 5.13 Å². The van der Waals surface area contributed by atoms with E-state index in [-0.39, 0.29) is 17.3 Å². The first-order valence-corrected chi connectivity index (χ1v) is 12.3. The molecule has 0 spiro atoms. The van der Waals surface area contributed by atoms with Gasteiger partial charge < -0.3 is 9.84 Å². The van der Waals surface area contributed by atoms with Gasteiger partial charge in [-0.2, -0.15) is 0 Å². The minimum absolute atomic E-state index is 0.0711. The molecule has 2 fully saturated rings. The molecular weight excluding hydrogens is 450 g/mol. The summed E-state index contributed by atoms with van der Waals surface area (Å²) in [6.45, 7) is 0. The molecule has 1 aliphatic carbocycles. The van der Waals surface area contributed by atoms with Gasteiger partial charge in [-0.15, -0.1) is 11.3 Å². The zero-order valence-corrected chi connectivity index (χ0v) is 19.6. The first-order valence-electron chi connectivity index (χ1n) is 11.4. The maximum absolute atomic E-state index is 13.3. The van der Waals surface area contributed by atoms with Crippen molar-refractivity contribution in [3.63, 3.8) is 0 Å². The lowest BCUT2D eigenvalue weighted by molar-refractivity contribution is -0.132. The van der Waals surface area contributed by atoms with Crippen molar-refractivity contribution in [3.05, 3.63) is 65.2 Å². The number of ketones is 1. The number of aliphatic hydroxyl groups is 1. The summed E-state index contributed by atoms with van der Waals surface area (Å²) >= 11 is 1.31. The Morgan fingerprint density at radius 2 is 1.82 bits per heavy atom. The molecule has 5 rings (SSSR count). The molecule has 8 heteroatoms. The van der Waals surface area contributed by atoms with Crippen LogP contribution in [0, 0.1) is 5.92 Å². The van der Waals surface area contributed by atoms with E-state index in [0.717, 1.165) is 32.1 Å². The van der Waals surface area contributed by atoms with Crippen molar-refractivity contribution in [2.24, 2.45) is 5.92 Å². The number of aromatic nitrogens is 2. The lowest BCUT2D eigenvalue weighted by Gasteiger charge is -2.32. The van der Waals surface area contributed by atoms with E-state index in [2.05, 4.69) is 9.97 Å². The lowest BCUT2D eigenvalue weighted by atomic mass is 9.80.